The number of carboxylic acids is 2. The summed E-state index contributed by atoms with van der Waals surface area (Å²) in [4.78, 5) is 93.7. The fourth-order valence-electron chi connectivity index (χ4n) is 5.84. The van der Waals surface area contributed by atoms with Crippen molar-refractivity contribution in [2.75, 3.05) is 25.6 Å². The number of fused-ring (bicyclic) bond motifs is 1. The second kappa shape index (κ2) is 12.0. The van der Waals surface area contributed by atoms with E-state index in [1.54, 1.807) is 0 Å². The van der Waals surface area contributed by atoms with E-state index in [1.807, 2.05) is 0 Å². The number of aliphatic carboxylic acids is 2. The van der Waals surface area contributed by atoms with Crippen LogP contribution in [0.1, 0.15) is 47.3 Å². The Kier molecular flexibility index (Phi) is 8.17. The van der Waals surface area contributed by atoms with Crippen LogP contribution in [0, 0.1) is 5.92 Å². The third kappa shape index (κ3) is 5.42. The molecule has 3 atom stereocenters. The lowest BCUT2D eigenvalue weighted by molar-refractivity contribution is -0.256. The van der Waals surface area contributed by atoms with Crippen molar-refractivity contribution in [3.8, 4) is 11.5 Å². The Morgan fingerprint density at radius 2 is 1.81 bits per heavy atom. The molecule has 0 aliphatic carbocycles. The number of carbonyl (C=O) groups excluding carboxylic acids is 4. The van der Waals surface area contributed by atoms with Crippen LogP contribution < -0.4 is 5.73 Å². The largest absolute Gasteiger partial charge is 0.504 e. The van der Waals surface area contributed by atoms with Gasteiger partial charge < -0.3 is 45.4 Å². The van der Waals surface area contributed by atoms with Crippen molar-refractivity contribution in [2.45, 2.75) is 49.6 Å². The molecule has 2 amide bonds. The van der Waals surface area contributed by atoms with Crippen LogP contribution >= 0.6 is 11.3 Å². The SMILES string of the molecule is Nc1nc(/C(=N/OC2(C(=O)O)CCOCC2)C(=O)C[C@H]2CON(C3(C(=O)O)C[C@H](N4Cc5cc(O)c(O)cc5C4=O)C(=O)O3)C2=O)cs1. The summed E-state index contributed by atoms with van der Waals surface area (Å²) in [5.74, 6) is -9.28. The van der Waals surface area contributed by atoms with Gasteiger partial charge in [-0.05, 0) is 17.7 Å². The number of oxime groups is 1. The van der Waals surface area contributed by atoms with Crippen LogP contribution in [0.4, 0.5) is 5.13 Å². The van der Waals surface area contributed by atoms with Crippen LogP contribution in [0.5, 0.6) is 11.5 Å². The van der Waals surface area contributed by atoms with E-state index in [1.165, 1.54) is 5.38 Å². The Hall–Kier alpha value is -5.34. The monoisotopic (exact) mass is 689 g/mol. The van der Waals surface area contributed by atoms with Gasteiger partial charge in [-0.3, -0.25) is 19.2 Å². The van der Waals surface area contributed by atoms with E-state index in [0.29, 0.717) is 5.06 Å². The maximum Gasteiger partial charge on any atom is 0.372 e. The highest BCUT2D eigenvalue weighted by molar-refractivity contribution is 7.13. The zero-order valence-electron chi connectivity index (χ0n) is 24.7. The van der Waals surface area contributed by atoms with Crippen LogP contribution in [0.3, 0.4) is 0 Å². The molecule has 3 fully saturated rings. The van der Waals surface area contributed by atoms with Crippen molar-refractivity contribution in [1.82, 2.24) is 14.9 Å². The van der Waals surface area contributed by atoms with Gasteiger partial charge in [0.1, 0.15) is 11.7 Å². The highest BCUT2D eigenvalue weighted by atomic mass is 32.1. The van der Waals surface area contributed by atoms with Gasteiger partial charge in [-0.25, -0.2) is 19.4 Å². The number of anilines is 1. The molecule has 4 aliphatic rings. The second-order valence-electron chi connectivity index (χ2n) is 11.4. The van der Waals surface area contributed by atoms with Gasteiger partial charge in [0.15, 0.2) is 28.1 Å². The van der Waals surface area contributed by atoms with E-state index < -0.39 is 95.5 Å². The predicted octanol–water partition coefficient (Wildman–Crippen LogP) is -0.407. The van der Waals surface area contributed by atoms with E-state index in [0.717, 1.165) is 28.4 Å². The molecular weight excluding hydrogens is 662 g/mol. The Morgan fingerprint density at radius 3 is 2.46 bits per heavy atom. The smallest absolute Gasteiger partial charge is 0.372 e. The minimum Gasteiger partial charge on any atom is -0.504 e. The van der Waals surface area contributed by atoms with Crippen molar-refractivity contribution >= 4 is 57.7 Å². The standard InChI is InChI=1S/C28H27N5O14S/c29-26-30-15(11-48-26)20(31-47-27(24(40)41)1-3-44-4-2-27)19(36)6-13-10-45-33(21(13)37)28(25(42)43)8-16(23(39)46-28)32-9-12-5-17(34)18(35)7-14(12)22(32)38/h5,7,11,13,16,34-35H,1-4,6,8-10H2,(H2,29,30)(H,40,41)(H,42,43)/b31-20-/t13-,16-,28?/m0/s1. The number of nitrogens with zero attached hydrogens (tertiary/aromatic N) is 4. The van der Waals surface area contributed by atoms with E-state index in [-0.39, 0.29) is 54.6 Å². The van der Waals surface area contributed by atoms with Crippen molar-refractivity contribution in [1.29, 1.82) is 0 Å². The number of phenolic OH excluding ortho intramolecular Hbond substituents is 2. The molecule has 19 nitrogen and oxygen atoms in total. The summed E-state index contributed by atoms with van der Waals surface area (Å²) in [7, 11) is 0. The summed E-state index contributed by atoms with van der Waals surface area (Å²) < 4.78 is 10.4. The molecule has 1 unspecified atom stereocenters. The number of aromatic hydroxyl groups is 2. The average Bonchev–Trinajstić information content (AvgIpc) is 3.80. The highest BCUT2D eigenvalue weighted by Gasteiger charge is 2.64. The van der Waals surface area contributed by atoms with Crippen LogP contribution in [-0.4, -0.2) is 114 Å². The molecule has 48 heavy (non-hydrogen) atoms. The van der Waals surface area contributed by atoms with Crippen molar-refractivity contribution in [2.24, 2.45) is 11.1 Å². The zero-order valence-corrected chi connectivity index (χ0v) is 25.5. The van der Waals surface area contributed by atoms with Crippen LogP contribution in [0.25, 0.3) is 0 Å². The molecule has 6 rings (SSSR count). The number of ketones is 1. The molecule has 20 heteroatoms. The molecule has 1 aromatic carbocycles. The number of aromatic nitrogens is 1. The summed E-state index contributed by atoms with van der Waals surface area (Å²) in [5, 5.41) is 45.3. The minimum atomic E-state index is -2.71. The minimum absolute atomic E-state index is 0.0209. The number of nitrogens with two attached hydrogens (primary N) is 1. The number of benzene rings is 1. The van der Waals surface area contributed by atoms with Gasteiger partial charge in [-0.1, -0.05) is 5.16 Å². The summed E-state index contributed by atoms with van der Waals surface area (Å²) >= 11 is 0.964. The lowest BCUT2D eigenvalue weighted by atomic mass is 9.95. The first-order valence-electron chi connectivity index (χ1n) is 14.4. The third-order valence-corrected chi connectivity index (χ3v) is 9.17. The molecule has 4 aliphatic heterocycles. The van der Waals surface area contributed by atoms with E-state index >= 15 is 0 Å². The van der Waals surface area contributed by atoms with Gasteiger partial charge in [0, 0.05) is 36.8 Å². The van der Waals surface area contributed by atoms with Gasteiger partial charge in [0.25, 0.3) is 11.8 Å². The Labute approximate surface area is 273 Å². The quantitative estimate of drug-likeness (QED) is 0.0917. The molecule has 0 spiro atoms. The predicted molar refractivity (Wildman–Crippen MR) is 155 cm³/mol. The molecule has 3 saturated heterocycles. The number of cyclic esters (lactones) is 1. The van der Waals surface area contributed by atoms with Gasteiger partial charge in [-0.2, -0.15) is 5.06 Å². The molecule has 6 N–H and O–H groups in total. The number of thiazole rings is 1. The van der Waals surface area contributed by atoms with E-state index in [9.17, 15) is 49.2 Å². The Morgan fingerprint density at radius 1 is 1.10 bits per heavy atom. The van der Waals surface area contributed by atoms with E-state index in [2.05, 4.69) is 10.1 Å². The van der Waals surface area contributed by atoms with Gasteiger partial charge in [0.2, 0.25) is 5.60 Å². The number of hydrogen-bond acceptors (Lipinski definition) is 16. The summed E-state index contributed by atoms with van der Waals surface area (Å²) in [6, 6.07) is 0.649. The number of carbonyl (C=O) groups is 6. The maximum atomic E-state index is 13.6. The van der Waals surface area contributed by atoms with Crippen molar-refractivity contribution in [3.05, 3.63) is 34.3 Å². The number of ether oxygens (including phenoxy) is 2. The van der Waals surface area contributed by atoms with Gasteiger partial charge in [-0.15, -0.1) is 11.3 Å². The number of phenols is 2. The fourth-order valence-corrected chi connectivity index (χ4v) is 6.39. The Balaban J connectivity index is 1.21. The fraction of sp³-hybridized carbons (Fsp3) is 0.429. The van der Waals surface area contributed by atoms with Gasteiger partial charge >= 0.3 is 23.6 Å². The number of hydroxylamine groups is 2. The van der Waals surface area contributed by atoms with Crippen LogP contribution in [-0.2, 0) is 49.7 Å². The molecular formula is C28H27N5O14S. The normalized spacial score (nSPS) is 25.2. The summed E-state index contributed by atoms with van der Waals surface area (Å²) in [6.07, 6.45) is -1.50. The number of nitrogen functional groups attached to an aromatic ring is 1. The first-order chi connectivity index (χ1) is 22.8. The molecule has 2 aromatic rings. The number of Topliss-reactive ketones (excluding diaryl/α,β-unsaturated/α-hetero) is 1. The summed E-state index contributed by atoms with van der Waals surface area (Å²) in [5.41, 5.74) is 0.977. The van der Waals surface area contributed by atoms with E-state index in [4.69, 9.17) is 24.9 Å². The first kappa shape index (κ1) is 32.6. The van der Waals surface area contributed by atoms with Gasteiger partial charge in [0.05, 0.1) is 32.2 Å². The zero-order chi connectivity index (χ0) is 34.5. The molecule has 0 saturated carbocycles. The number of rotatable bonds is 10. The van der Waals surface area contributed by atoms with Crippen LogP contribution in [0.2, 0.25) is 0 Å². The third-order valence-electron chi connectivity index (χ3n) is 8.50. The molecule has 0 radical (unpaired) electrons. The molecule has 0 bridgehead atoms. The average molecular weight is 690 g/mol. The van der Waals surface area contributed by atoms with Crippen molar-refractivity contribution in [3.63, 3.8) is 0 Å². The highest BCUT2D eigenvalue weighted by Crippen LogP contribution is 2.41. The summed E-state index contributed by atoms with van der Waals surface area (Å²) in [6.45, 7) is -0.605. The maximum absolute atomic E-state index is 13.6. The topological polar surface area (TPSA) is 278 Å². The molecule has 254 valence electrons. The molecule has 1 aromatic heterocycles. The Bertz CT molecular complexity index is 1770. The van der Waals surface area contributed by atoms with Crippen molar-refractivity contribution < 1.29 is 68.3 Å². The second-order valence-corrected chi connectivity index (χ2v) is 12.3. The number of hydrogen-bond donors (Lipinski definition) is 5. The number of esters is 1. The number of carboxylic acid groups (broad SMARTS) is 2. The first-order valence-corrected chi connectivity index (χ1v) is 15.3. The molecule has 5 heterocycles. The number of amides is 2. The lowest BCUT2D eigenvalue weighted by Crippen LogP contribution is -2.55. The van der Waals surface area contributed by atoms with Crippen LogP contribution in [0.15, 0.2) is 22.7 Å². The lowest BCUT2D eigenvalue weighted by Gasteiger charge is -2.31.